The van der Waals surface area contributed by atoms with Crippen LogP contribution >= 0.6 is 0 Å². The summed E-state index contributed by atoms with van der Waals surface area (Å²) in [6.07, 6.45) is 0. The highest BCUT2D eigenvalue weighted by Gasteiger charge is 2.36. The third-order valence-corrected chi connectivity index (χ3v) is 10.7. The van der Waals surface area contributed by atoms with E-state index in [4.69, 9.17) is 0 Å². The van der Waals surface area contributed by atoms with Crippen molar-refractivity contribution in [1.29, 1.82) is 0 Å². The molecule has 2 nitrogen and oxygen atoms in total. The van der Waals surface area contributed by atoms with Gasteiger partial charge in [-0.25, -0.2) is 0 Å². The molecule has 8 aromatic rings. The second kappa shape index (κ2) is 13.5. The number of hydrogen-bond donors (Lipinski definition) is 0. The van der Waals surface area contributed by atoms with Crippen molar-refractivity contribution >= 4 is 34.1 Å². The minimum Gasteiger partial charge on any atom is -0.310 e. The lowest BCUT2D eigenvalue weighted by molar-refractivity contribution is 0.660. The summed E-state index contributed by atoms with van der Waals surface area (Å²) in [6.45, 7) is 4.71. The predicted molar refractivity (Wildman–Crippen MR) is 224 cm³/mol. The summed E-state index contributed by atoms with van der Waals surface area (Å²) < 4.78 is 0. The zero-order chi connectivity index (χ0) is 35.8. The van der Waals surface area contributed by atoms with Gasteiger partial charge >= 0.3 is 0 Å². The van der Waals surface area contributed by atoms with Crippen LogP contribution in [0.25, 0.3) is 33.4 Å². The van der Waals surface area contributed by atoms with E-state index >= 15 is 0 Å². The maximum atomic E-state index is 2.40. The first-order valence-corrected chi connectivity index (χ1v) is 18.4. The standard InChI is InChI=1S/C51H40N2/c1-51(2)49-33-31-45(52(41-19-11-5-12-20-41)43-27-23-39(24-28-43)37-15-7-3-8-16-37)35-47(49)48-36-46(32-34-50(48)51)53(42-21-13-6-14-22-42)44-29-25-40(26-30-44)38-17-9-4-10-18-38/h3-36H,1-2H3. The molecule has 1 aliphatic rings. The van der Waals surface area contributed by atoms with Gasteiger partial charge < -0.3 is 9.80 Å². The van der Waals surface area contributed by atoms with Crippen LogP contribution in [0.15, 0.2) is 206 Å². The summed E-state index contributed by atoms with van der Waals surface area (Å²) in [7, 11) is 0. The van der Waals surface area contributed by atoms with Crippen molar-refractivity contribution in [2.45, 2.75) is 19.3 Å². The molecule has 8 aromatic carbocycles. The average Bonchev–Trinajstić information content (AvgIpc) is 3.45. The Morgan fingerprint density at radius 2 is 0.566 bits per heavy atom. The Morgan fingerprint density at radius 1 is 0.283 bits per heavy atom. The van der Waals surface area contributed by atoms with E-state index in [1.807, 2.05) is 0 Å². The fourth-order valence-corrected chi connectivity index (χ4v) is 7.94. The minimum atomic E-state index is -0.133. The largest absolute Gasteiger partial charge is 0.310 e. The average molecular weight is 681 g/mol. The van der Waals surface area contributed by atoms with E-state index in [2.05, 4.69) is 230 Å². The van der Waals surface area contributed by atoms with Gasteiger partial charge in [0.2, 0.25) is 0 Å². The maximum Gasteiger partial charge on any atom is 0.0468 e. The molecule has 0 aliphatic heterocycles. The van der Waals surface area contributed by atoms with E-state index in [0.717, 1.165) is 34.1 Å². The van der Waals surface area contributed by atoms with Crippen LogP contribution in [0.3, 0.4) is 0 Å². The van der Waals surface area contributed by atoms with E-state index in [9.17, 15) is 0 Å². The zero-order valence-corrected chi connectivity index (χ0v) is 30.0. The quantitative estimate of drug-likeness (QED) is 0.158. The van der Waals surface area contributed by atoms with Crippen molar-refractivity contribution < 1.29 is 0 Å². The smallest absolute Gasteiger partial charge is 0.0468 e. The summed E-state index contributed by atoms with van der Waals surface area (Å²) in [6, 6.07) is 74.4. The number of hydrogen-bond acceptors (Lipinski definition) is 2. The second-order valence-electron chi connectivity index (χ2n) is 14.3. The van der Waals surface area contributed by atoms with Gasteiger partial charge in [-0.05, 0) is 117 Å². The molecule has 9 rings (SSSR count). The molecule has 0 saturated carbocycles. The monoisotopic (exact) mass is 680 g/mol. The van der Waals surface area contributed by atoms with Crippen LogP contribution in [-0.4, -0.2) is 0 Å². The van der Waals surface area contributed by atoms with Gasteiger partial charge in [0.1, 0.15) is 0 Å². The van der Waals surface area contributed by atoms with Crippen molar-refractivity contribution in [2.75, 3.05) is 9.80 Å². The lowest BCUT2D eigenvalue weighted by Gasteiger charge is -2.27. The minimum absolute atomic E-state index is 0.133. The van der Waals surface area contributed by atoms with Gasteiger partial charge in [-0.3, -0.25) is 0 Å². The van der Waals surface area contributed by atoms with Crippen LogP contribution in [0, 0.1) is 0 Å². The van der Waals surface area contributed by atoms with Crippen LogP contribution in [-0.2, 0) is 5.41 Å². The third-order valence-electron chi connectivity index (χ3n) is 10.7. The fraction of sp³-hybridized carbons (Fsp3) is 0.0588. The first-order valence-electron chi connectivity index (χ1n) is 18.4. The van der Waals surface area contributed by atoms with E-state index in [1.165, 1.54) is 44.5 Å². The topological polar surface area (TPSA) is 6.48 Å². The molecule has 53 heavy (non-hydrogen) atoms. The Labute approximate surface area is 312 Å². The number of para-hydroxylation sites is 2. The Hall–Kier alpha value is -6.64. The van der Waals surface area contributed by atoms with Crippen LogP contribution in [0.2, 0.25) is 0 Å². The van der Waals surface area contributed by atoms with Gasteiger partial charge in [0, 0.05) is 39.5 Å². The van der Waals surface area contributed by atoms with Crippen molar-refractivity contribution in [3.05, 3.63) is 217 Å². The Bertz CT molecular complexity index is 2310. The summed E-state index contributed by atoms with van der Waals surface area (Å²) >= 11 is 0. The zero-order valence-electron chi connectivity index (χ0n) is 30.0. The summed E-state index contributed by atoms with van der Waals surface area (Å²) in [4.78, 5) is 4.74. The molecule has 0 saturated heterocycles. The molecule has 0 fully saturated rings. The van der Waals surface area contributed by atoms with Gasteiger partial charge in [0.05, 0.1) is 0 Å². The highest BCUT2D eigenvalue weighted by atomic mass is 15.1. The normalized spacial score (nSPS) is 12.5. The van der Waals surface area contributed by atoms with Crippen molar-refractivity contribution in [2.24, 2.45) is 0 Å². The summed E-state index contributed by atoms with van der Waals surface area (Å²) in [5, 5.41) is 0. The SMILES string of the molecule is CC1(C)c2ccc(N(c3ccccc3)c3ccc(-c4ccccc4)cc3)cc2-c2cc(N(c3ccccc3)c3ccc(-c4ccccc4)cc3)ccc21. The highest BCUT2D eigenvalue weighted by molar-refractivity contribution is 5.90. The van der Waals surface area contributed by atoms with Crippen LogP contribution < -0.4 is 9.80 Å². The molecule has 0 atom stereocenters. The van der Waals surface area contributed by atoms with E-state index in [0.29, 0.717) is 0 Å². The molecule has 0 heterocycles. The molecule has 1 aliphatic carbocycles. The molecule has 254 valence electrons. The Morgan fingerprint density at radius 3 is 0.925 bits per heavy atom. The third kappa shape index (κ3) is 5.99. The van der Waals surface area contributed by atoms with Crippen LogP contribution in [0.4, 0.5) is 34.1 Å². The molecule has 0 bridgehead atoms. The van der Waals surface area contributed by atoms with Gasteiger partial charge in [0.15, 0.2) is 0 Å². The lowest BCUT2D eigenvalue weighted by atomic mass is 9.82. The predicted octanol–water partition coefficient (Wildman–Crippen LogP) is 14.3. The summed E-state index contributed by atoms with van der Waals surface area (Å²) in [5.41, 5.74) is 16.7. The molecular weight excluding hydrogens is 641 g/mol. The molecule has 0 spiro atoms. The second-order valence-corrected chi connectivity index (χ2v) is 14.3. The lowest BCUT2D eigenvalue weighted by Crippen LogP contribution is -2.16. The Kier molecular flexibility index (Phi) is 8.21. The highest BCUT2D eigenvalue weighted by Crippen LogP contribution is 2.52. The molecule has 0 aromatic heterocycles. The molecule has 0 radical (unpaired) electrons. The number of anilines is 6. The van der Waals surface area contributed by atoms with Gasteiger partial charge in [0.25, 0.3) is 0 Å². The van der Waals surface area contributed by atoms with Crippen molar-refractivity contribution in [3.8, 4) is 33.4 Å². The molecule has 0 amide bonds. The van der Waals surface area contributed by atoms with Crippen molar-refractivity contribution in [1.82, 2.24) is 0 Å². The van der Waals surface area contributed by atoms with Gasteiger partial charge in [-0.2, -0.15) is 0 Å². The summed E-state index contributed by atoms with van der Waals surface area (Å²) in [5.74, 6) is 0. The number of rotatable bonds is 8. The van der Waals surface area contributed by atoms with E-state index in [1.54, 1.807) is 0 Å². The number of nitrogens with zero attached hydrogens (tertiary/aromatic N) is 2. The molecule has 0 unspecified atom stereocenters. The van der Waals surface area contributed by atoms with Gasteiger partial charge in [-0.15, -0.1) is 0 Å². The van der Waals surface area contributed by atoms with Crippen molar-refractivity contribution in [3.63, 3.8) is 0 Å². The van der Waals surface area contributed by atoms with Gasteiger partial charge in [-0.1, -0.05) is 147 Å². The first-order chi connectivity index (χ1) is 26.0. The number of benzene rings is 8. The fourth-order valence-electron chi connectivity index (χ4n) is 7.94. The van der Waals surface area contributed by atoms with E-state index < -0.39 is 0 Å². The van der Waals surface area contributed by atoms with E-state index in [-0.39, 0.29) is 5.41 Å². The molecule has 0 N–H and O–H groups in total. The van der Waals surface area contributed by atoms with Crippen LogP contribution in [0.5, 0.6) is 0 Å². The van der Waals surface area contributed by atoms with Crippen LogP contribution in [0.1, 0.15) is 25.0 Å². The molecule has 2 heteroatoms. The maximum absolute atomic E-state index is 2.40. The number of fused-ring (bicyclic) bond motifs is 3. The Balaban J connectivity index is 1.15. The molecular formula is C51H40N2. The first kappa shape index (κ1) is 32.3.